The van der Waals surface area contributed by atoms with Crippen LogP contribution in [0.4, 0.5) is 4.79 Å². The van der Waals surface area contributed by atoms with Crippen molar-refractivity contribution in [3.05, 3.63) is 35.4 Å². The normalized spacial score (nSPS) is 18.5. The van der Waals surface area contributed by atoms with Crippen molar-refractivity contribution in [2.75, 3.05) is 6.54 Å². The van der Waals surface area contributed by atoms with Crippen LogP contribution in [0.2, 0.25) is 0 Å². The number of carboxylic acids is 1. The lowest BCUT2D eigenvalue weighted by Gasteiger charge is -2.35. The number of carboxylic acid groups (broad SMARTS) is 1. The van der Waals surface area contributed by atoms with Gasteiger partial charge in [0.05, 0.1) is 0 Å². The Kier molecular flexibility index (Phi) is 4.11. The molecular weight excluding hydrogens is 274 g/mol. The van der Waals surface area contributed by atoms with Crippen LogP contribution in [0.25, 0.3) is 0 Å². The smallest absolute Gasteiger partial charge is 0.331 e. The van der Waals surface area contributed by atoms with Gasteiger partial charge in [0.1, 0.15) is 6.04 Å². The highest BCUT2D eigenvalue weighted by Crippen LogP contribution is 2.29. The molecule has 7 nitrogen and oxygen atoms in total. The van der Waals surface area contributed by atoms with E-state index in [1.165, 1.54) is 11.8 Å². The molecular formula is C14H17N3O4. The topological polar surface area (TPSA) is 113 Å². The van der Waals surface area contributed by atoms with Crippen LogP contribution in [0.3, 0.4) is 0 Å². The van der Waals surface area contributed by atoms with Crippen molar-refractivity contribution in [1.29, 1.82) is 0 Å². The first-order valence-electron chi connectivity index (χ1n) is 6.59. The van der Waals surface area contributed by atoms with E-state index >= 15 is 0 Å². The van der Waals surface area contributed by atoms with Gasteiger partial charge in [-0.3, -0.25) is 4.79 Å². The number of nitrogens with two attached hydrogens (primary N) is 1. The maximum absolute atomic E-state index is 12.2. The zero-order chi connectivity index (χ0) is 15.6. The molecule has 1 aliphatic rings. The quantitative estimate of drug-likeness (QED) is 0.741. The van der Waals surface area contributed by atoms with Crippen molar-refractivity contribution in [1.82, 2.24) is 10.2 Å². The molecule has 3 amide bonds. The van der Waals surface area contributed by atoms with Gasteiger partial charge in [-0.2, -0.15) is 0 Å². The molecule has 0 spiro atoms. The lowest BCUT2D eigenvalue weighted by atomic mass is 9.93. The van der Waals surface area contributed by atoms with E-state index < -0.39 is 30.0 Å². The number of amides is 3. The maximum Gasteiger partial charge on any atom is 0.331 e. The monoisotopic (exact) mass is 291 g/mol. The summed E-state index contributed by atoms with van der Waals surface area (Å²) in [5.74, 6) is -1.78. The summed E-state index contributed by atoms with van der Waals surface area (Å²) in [6.45, 7) is 1.72. The third-order valence-electron chi connectivity index (χ3n) is 3.54. The van der Waals surface area contributed by atoms with Crippen LogP contribution in [0.5, 0.6) is 0 Å². The molecule has 21 heavy (non-hydrogen) atoms. The van der Waals surface area contributed by atoms with Crippen LogP contribution >= 0.6 is 0 Å². The average molecular weight is 291 g/mol. The summed E-state index contributed by atoms with van der Waals surface area (Å²) in [6, 6.07) is 4.60. The Morgan fingerprint density at radius 1 is 1.38 bits per heavy atom. The second-order valence-electron chi connectivity index (χ2n) is 4.96. The van der Waals surface area contributed by atoms with Crippen LogP contribution in [-0.4, -0.2) is 40.5 Å². The molecule has 1 aromatic carbocycles. The summed E-state index contributed by atoms with van der Waals surface area (Å²) < 4.78 is 0. The Labute approximate surface area is 121 Å². The fourth-order valence-corrected chi connectivity index (χ4v) is 2.39. The molecule has 2 rings (SSSR count). The minimum Gasteiger partial charge on any atom is -0.479 e. The first kappa shape index (κ1) is 14.8. The molecule has 2 atom stereocenters. The Balaban J connectivity index is 2.26. The van der Waals surface area contributed by atoms with Crippen LogP contribution in [-0.2, 0) is 16.0 Å². The minimum atomic E-state index is -1.11. The van der Waals surface area contributed by atoms with Gasteiger partial charge in [-0.25, -0.2) is 9.59 Å². The summed E-state index contributed by atoms with van der Waals surface area (Å²) in [7, 11) is 0. The lowest BCUT2D eigenvalue weighted by Crippen LogP contribution is -2.52. The first-order chi connectivity index (χ1) is 9.91. The highest BCUT2D eigenvalue weighted by atomic mass is 16.4. The van der Waals surface area contributed by atoms with E-state index in [1.807, 2.05) is 12.1 Å². The number of nitrogens with zero attached hydrogens (tertiary/aromatic N) is 1. The molecule has 0 aliphatic carbocycles. The van der Waals surface area contributed by atoms with Crippen molar-refractivity contribution < 1.29 is 19.5 Å². The number of nitrogens with one attached hydrogen (secondary N) is 1. The Bertz CT molecular complexity index is 587. The molecule has 0 saturated carbocycles. The number of hydrogen-bond donors (Lipinski definition) is 3. The molecule has 1 heterocycles. The summed E-state index contributed by atoms with van der Waals surface area (Å²) >= 11 is 0. The second-order valence-corrected chi connectivity index (χ2v) is 4.96. The first-order valence-corrected chi connectivity index (χ1v) is 6.59. The Hall–Kier alpha value is -2.57. The molecule has 0 saturated heterocycles. The van der Waals surface area contributed by atoms with Crippen molar-refractivity contribution in [2.24, 2.45) is 5.73 Å². The highest BCUT2D eigenvalue weighted by molar-refractivity contribution is 5.88. The molecule has 7 heteroatoms. The molecule has 0 aromatic heterocycles. The number of rotatable bonds is 3. The third kappa shape index (κ3) is 2.96. The maximum atomic E-state index is 12.2. The fraction of sp³-hybridized carbons (Fsp3) is 0.357. The number of carbonyl (C=O) groups excluding carboxylic acids is 2. The number of aliphatic carboxylic acids is 1. The van der Waals surface area contributed by atoms with Crippen molar-refractivity contribution in [3.8, 4) is 0 Å². The van der Waals surface area contributed by atoms with Gasteiger partial charge in [0.2, 0.25) is 5.91 Å². The van der Waals surface area contributed by atoms with E-state index in [9.17, 15) is 19.5 Å². The van der Waals surface area contributed by atoms with Gasteiger partial charge in [0.15, 0.2) is 6.04 Å². The van der Waals surface area contributed by atoms with E-state index in [0.717, 1.165) is 5.56 Å². The van der Waals surface area contributed by atoms with Gasteiger partial charge in [-0.1, -0.05) is 24.3 Å². The minimum absolute atomic E-state index is 0.269. The number of hydrogen-bond acceptors (Lipinski definition) is 3. The lowest BCUT2D eigenvalue weighted by molar-refractivity contribution is -0.142. The zero-order valence-electron chi connectivity index (χ0n) is 11.6. The molecule has 112 valence electrons. The van der Waals surface area contributed by atoms with Crippen LogP contribution in [0.1, 0.15) is 24.1 Å². The fourth-order valence-electron chi connectivity index (χ4n) is 2.39. The van der Waals surface area contributed by atoms with Gasteiger partial charge in [0.25, 0.3) is 0 Å². The van der Waals surface area contributed by atoms with E-state index in [0.29, 0.717) is 12.0 Å². The SMILES string of the molecule is CC(NC(=O)N1CCc2ccccc2C1C(=O)O)C(N)=O. The summed E-state index contributed by atoms with van der Waals surface area (Å²) in [4.78, 5) is 35.9. The molecule has 0 bridgehead atoms. The molecule has 2 unspecified atom stereocenters. The standard InChI is InChI=1S/C14H17N3O4/c1-8(12(15)18)16-14(21)17-7-6-9-4-2-3-5-10(9)11(17)13(19)20/h2-5,8,11H,6-7H2,1H3,(H2,15,18)(H,16,21)(H,19,20). The van der Waals surface area contributed by atoms with Crippen molar-refractivity contribution in [3.63, 3.8) is 0 Å². The van der Waals surface area contributed by atoms with Crippen molar-refractivity contribution in [2.45, 2.75) is 25.4 Å². The van der Waals surface area contributed by atoms with E-state index in [1.54, 1.807) is 12.1 Å². The van der Waals surface area contributed by atoms with Crippen LogP contribution in [0, 0.1) is 0 Å². The molecule has 4 N–H and O–H groups in total. The van der Waals surface area contributed by atoms with Gasteiger partial charge in [0, 0.05) is 6.54 Å². The van der Waals surface area contributed by atoms with Gasteiger partial charge in [-0.05, 0) is 24.5 Å². The summed E-state index contributed by atoms with van der Waals surface area (Å²) in [5.41, 5.74) is 6.61. The van der Waals surface area contributed by atoms with Crippen LogP contribution in [0.15, 0.2) is 24.3 Å². The van der Waals surface area contributed by atoms with Gasteiger partial charge < -0.3 is 21.1 Å². The van der Waals surface area contributed by atoms with E-state index in [-0.39, 0.29) is 6.54 Å². The number of benzene rings is 1. The molecule has 1 aromatic rings. The zero-order valence-corrected chi connectivity index (χ0v) is 11.6. The number of carbonyl (C=O) groups is 3. The average Bonchev–Trinajstić information content (AvgIpc) is 2.45. The van der Waals surface area contributed by atoms with Crippen molar-refractivity contribution >= 4 is 17.9 Å². The highest BCUT2D eigenvalue weighted by Gasteiger charge is 2.36. The van der Waals surface area contributed by atoms with E-state index in [4.69, 9.17) is 5.73 Å². The Morgan fingerprint density at radius 2 is 2.05 bits per heavy atom. The summed E-state index contributed by atoms with van der Waals surface area (Å²) in [6.07, 6.45) is 0.568. The predicted octanol–water partition coefficient (Wildman–Crippen LogP) is 0.254. The number of primary amides is 1. The summed E-state index contributed by atoms with van der Waals surface area (Å²) in [5, 5.41) is 11.8. The molecule has 0 radical (unpaired) electrons. The van der Waals surface area contributed by atoms with E-state index in [2.05, 4.69) is 5.32 Å². The van der Waals surface area contributed by atoms with Crippen LogP contribution < -0.4 is 11.1 Å². The Morgan fingerprint density at radius 3 is 2.67 bits per heavy atom. The molecule has 0 fully saturated rings. The second kappa shape index (κ2) is 5.82. The third-order valence-corrected chi connectivity index (χ3v) is 3.54. The predicted molar refractivity (Wildman–Crippen MR) is 74.4 cm³/mol. The largest absolute Gasteiger partial charge is 0.479 e. The number of fused-ring (bicyclic) bond motifs is 1. The number of urea groups is 1. The molecule has 1 aliphatic heterocycles. The van der Waals surface area contributed by atoms with Gasteiger partial charge in [-0.15, -0.1) is 0 Å². The van der Waals surface area contributed by atoms with Gasteiger partial charge >= 0.3 is 12.0 Å².